The Morgan fingerprint density at radius 1 is 1.50 bits per heavy atom. The minimum atomic E-state index is -0.299. The molecule has 1 atom stereocenters. The molecule has 0 spiro atoms. The highest BCUT2D eigenvalue weighted by Gasteiger charge is 2.39. The zero-order valence-electron chi connectivity index (χ0n) is 12.0. The van der Waals surface area contributed by atoms with Gasteiger partial charge in [0.15, 0.2) is 0 Å². The molecule has 1 aromatic carbocycles. The molecule has 1 amide bonds. The second-order valence-corrected chi connectivity index (χ2v) is 6.06. The number of nitrogens with zero attached hydrogens (tertiary/aromatic N) is 1. The summed E-state index contributed by atoms with van der Waals surface area (Å²) in [6.07, 6.45) is 0.877. The van der Waals surface area contributed by atoms with E-state index in [0.29, 0.717) is 4.99 Å². The van der Waals surface area contributed by atoms with Crippen molar-refractivity contribution in [3.8, 4) is 0 Å². The second-order valence-electron chi connectivity index (χ2n) is 5.62. The Morgan fingerprint density at radius 2 is 2.20 bits per heavy atom. The first kappa shape index (κ1) is 14.9. The molecule has 0 radical (unpaired) electrons. The number of hydrogen-bond acceptors (Lipinski definition) is 3. The third-order valence-electron chi connectivity index (χ3n) is 4.00. The van der Waals surface area contributed by atoms with Gasteiger partial charge in [-0.2, -0.15) is 0 Å². The smallest absolute Gasteiger partial charge is 0.227 e. The van der Waals surface area contributed by atoms with Crippen LogP contribution in [0, 0.1) is 5.41 Å². The van der Waals surface area contributed by atoms with E-state index in [0.717, 1.165) is 37.2 Å². The largest absolute Gasteiger partial charge is 0.389 e. The fourth-order valence-corrected chi connectivity index (χ4v) is 3.02. The van der Waals surface area contributed by atoms with Crippen LogP contribution in [-0.4, -0.2) is 35.9 Å². The average Bonchev–Trinajstić information content (AvgIpc) is 2.81. The molecule has 5 heteroatoms. The van der Waals surface area contributed by atoms with Gasteiger partial charge < -0.3 is 11.1 Å². The maximum atomic E-state index is 11.9. The lowest BCUT2D eigenvalue weighted by Gasteiger charge is -2.23. The number of nitrogens with one attached hydrogen (secondary N) is 1. The monoisotopic (exact) mass is 291 g/mol. The van der Waals surface area contributed by atoms with Crippen LogP contribution in [0.15, 0.2) is 24.3 Å². The zero-order chi connectivity index (χ0) is 14.8. The molecular formula is C15H21N3OS. The number of carbonyl (C=O) groups is 1. The van der Waals surface area contributed by atoms with Gasteiger partial charge in [0.2, 0.25) is 5.91 Å². The molecule has 0 aromatic heterocycles. The number of rotatable bonds is 4. The van der Waals surface area contributed by atoms with Crippen LogP contribution >= 0.6 is 12.2 Å². The Morgan fingerprint density at radius 3 is 2.85 bits per heavy atom. The van der Waals surface area contributed by atoms with E-state index in [1.165, 1.54) is 0 Å². The van der Waals surface area contributed by atoms with Gasteiger partial charge in [0.05, 0.1) is 5.41 Å². The van der Waals surface area contributed by atoms with Crippen LogP contribution < -0.4 is 11.1 Å². The average molecular weight is 291 g/mol. The molecule has 0 bridgehead atoms. The van der Waals surface area contributed by atoms with Crippen LogP contribution in [0.5, 0.6) is 0 Å². The number of carbonyl (C=O) groups excluding carboxylic acids is 1. The summed E-state index contributed by atoms with van der Waals surface area (Å²) in [6.45, 7) is 4.47. The molecule has 0 aliphatic carbocycles. The molecule has 1 aromatic rings. The first-order valence-electron chi connectivity index (χ1n) is 6.78. The van der Waals surface area contributed by atoms with E-state index < -0.39 is 0 Å². The van der Waals surface area contributed by atoms with Crippen LogP contribution in [0.25, 0.3) is 0 Å². The Bertz CT molecular complexity index is 532. The fraction of sp³-hybridized carbons (Fsp3) is 0.467. The lowest BCUT2D eigenvalue weighted by molar-refractivity contribution is -0.129. The number of likely N-dealkylation sites (tertiary alicyclic amines) is 1. The van der Waals surface area contributed by atoms with Crippen molar-refractivity contribution >= 4 is 23.1 Å². The van der Waals surface area contributed by atoms with Gasteiger partial charge in [0.1, 0.15) is 4.99 Å². The number of hydrogen-bond donors (Lipinski definition) is 2. The third-order valence-corrected chi connectivity index (χ3v) is 4.22. The van der Waals surface area contributed by atoms with E-state index in [2.05, 4.69) is 10.2 Å². The van der Waals surface area contributed by atoms with E-state index in [9.17, 15) is 4.79 Å². The molecule has 1 unspecified atom stereocenters. The lowest BCUT2D eigenvalue weighted by Crippen LogP contribution is -2.39. The Kier molecular flexibility index (Phi) is 4.40. The van der Waals surface area contributed by atoms with Gasteiger partial charge in [-0.25, -0.2) is 0 Å². The molecule has 20 heavy (non-hydrogen) atoms. The molecule has 3 N–H and O–H groups in total. The van der Waals surface area contributed by atoms with Crippen LogP contribution in [0.2, 0.25) is 0 Å². The Hall–Kier alpha value is -1.46. The molecule has 0 saturated carbocycles. The van der Waals surface area contributed by atoms with Crippen molar-refractivity contribution in [2.45, 2.75) is 19.9 Å². The Balaban J connectivity index is 2.10. The molecule has 1 saturated heterocycles. The van der Waals surface area contributed by atoms with Crippen molar-refractivity contribution in [1.82, 2.24) is 10.2 Å². The molecule has 1 heterocycles. The van der Waals surface area contributed by atoms with E-state index in [1.807, 2.05) is 31.2 Å². The van der Waals surface area contributed by atoms with Crippen LogP contribution in [0.3, 0.4) is 0 Å². The van der Waals surface area contributed by atoms with E-state index in [4.69, 9.17) is 18.0 Å². The van der Waals surface area contributed by atoms with Crippen LogP contribution in [0.4, 0.5) is 0 Å². The molecule has 4 nitrogen and oxygen atoms in total. The SMILES string of the molecule is CNC(=O)C1(C)CCN(Cc2ccccc2C(N)=S)C1. The maximum absolute atomic E-state index is 11.9. The van der Waals surface area contributed by atoms with Gasteiger partial charge in [0, 0.05) is 25.7 Å². The topological polar surface area (TPSA) is 58.4 Å². The predicted octanol–water partition coefficient (Wildman–Crippen LogP) is 1.28. The van der Waals surface area contributed by atoms with Crippen molar-refractivity contribution in [3.05, 3.63) is 35.4 Å². The van der Waals surface area contributed by atoms with Gasteiger partial charge in [-0.05, 0) is 25.5 Å². The van der Waals surface area contributed by atoms with Gasteiger partial charge in [-0.1, -0.05) is 36.5 Å². The summed E-state index contributed by atoms with van der Waals surface area (Å²) in [4.78, 5) is 14.6. The minimum absolute atomic E-state index is 0.114. The molecule has 108 valence electrons. The Labute approximate surface area is 125 Å². The number of thiocarbonyl (C=S) groups is 1. The zero-order valence-corrected chi connectivity index (χ0v) is 12.8. The molecule has 1 aliphatic rings. The summed E-state index contributed by atoms with van der Waals surface area (Å²) < 4.78 is 0. The van der Waals surface area contributed by atoms with Gasteiger partial charge in [-0.3, -0.25) is 9.69 Å². The normalized spacial score (nSPS) is 22.7. The van der Waals surface area contributed by atoms with Crippen molar-refractivity contribution in [3.63, 3.8) is 0 Å². The van der Waals surface area contributed by atoms with Crippen molar-refractivity contribution in [2.24, 2.45) is 11.1 Å². The van der Waals surface area contributed by atoms with Crippen LogP contribution in [-0.2, 0) is 11.3 Å². The summed E-state index contributed by atoms with van der Waals surface area (Å²) in [5.74, 6) is 0.114. The molecular weight excluding hydrogens is 270 g/mol. The summed E-state index contributed by atoms with van der Waals surface area (Å²) in [6, 6.07) is 7.93. The van der Waals surface area contributed by atoms with E-state index in [-0.39, 0.29) is 11.3 Å². The van der Waals surface area contributed by atoms with Crippen molar-refractivity contribution < 1.29 is 4.79 Å². The highest BCUT2D eigenvalue weighted by Crippen LogP contribution is 2.31. The molecule has 1 aliphatic heterocycles. The standard InChI is InChI=1S/C15H21N3OS/c1-15(14(19)17-2)7-8-18(10-15)9-11-5-3-4-6-12(11)13(16)20/h3-6H,7-10H2,1-2H3,(H2,16,20)(H,17,19). The number of nitrogens with two attached hydrogens (primary N) is 1. The van der Waals surface area contributed by atoms with Gasteiger partial charge in [0.25, 0.3) is 0 Å². The highest BCUT2D eigenvalue weighted by atomic mass is 32.1. The summed E-state index contributed by atoms with van der Waals surface area (Å²) in [7, 11) is 1.69. The fourth-order valence-electron chi connectivity index (χ4n) is 2.82. The summed E-state index contributed by atoms with van der Waals surface area (Å²) in [5.41, 5.74) is 7.51. The van der Waals surface area contributed by atoms with Crippen LogP contribution in [0.1, 0.15) is 24.5 Å². The first-order chi connectivity index (χ1) is 9.46. The first-order valence-corrected chi connectivity index (χ1v) is 7.19. The predicted molar refractivity (Wildman–Crippen MR) is 84.4 cm³/mol. The molecule has 2 rings (SSSR count). The van der Waals surface area contributed by atoms with E-state index >= 15 is 0 Å². The van der Waals surface area contributed by atoms with Gasteiger partial charge >= 0.3 is 0 Å². The molecule has 1 fully saturated rings. The summed E-state index contributed by atoms with van der Waals surface area (Å²) >= 11 is 5.09. The van der Waals surface area contributed by atoms with Crippen molar-refractivity contribution in [1.29, 1.82) is 0 Å². The highest BCUT2D eigenvalue weighted by molar-refractivity contribution is 7.80. The van der Waals surface area contributed by atoms with E-state index in [1.54, 1.807) is 7.05 Å². The quantitative estimate of drug-likeness (QED) is 0.821. The number of benzene rings is 1. The maximum Gasteiger partial charge on any atom is 0.227 e. The minimum Gasteiger partial charge on any atom is -0.389 e. The third kappa shape index (κ3) is 2.99. The van der Waals surface area contributed by atoms with Gasteiger partial charge in [-0.15, -0.1) is 0 Å². The lowest BCUT2D eigenvalue weighted by atomic mass is 9.89. The summed E-state index contributed by atoms with van der Waals surface area (Å²) in [5, 5.41) is 2.76. The second kappa shape index (κ2) is 5.89. The van der Waals surface area contributed by atoms with Crippen molar-refractivity contribution in [2.75, 3.05) is 20.1 Å². The number of amides is 1.